The lowest BCUT2D eigenvalue weighted by atomic mass is 10.0. The van der Waals surface area contributed by atoms with Gasteiger partial charge in [0, 0.05) is 6.54 Å². The van der Waals surface area contributed by atoms with E-state index in [-0.39, 0.29) is 43.8 Å². The zero-order valence-corrected chi connectivity index (χ0v) is 31.5. The van der Waals surface area contributed by atoms with Crippen LogP contribution in [0.3, 0.4) is 0 Å². The zero-order chi connectivity index (χ0) is 37.7. The van der Waals surface area contributed by atoms with Gasteiger partial charge in [-0.15, -0.1) is 0 Å². The minimum absolute atomic E-state index is 0.00711. The second-order valence-electron chi connectivity index (χ2n) is 11.0. The van der Waals surface area contributed by atoms with Crippen molar-refractivity contribution in [3.8, 4) is 0 Å². The SMILES string of the molecule is CC.CC(C)C(NC(=O)CN)C(=O)NCc1ccc(CC(=O)NCC(=O)NC(C(=O)NCC(=O)O)C(C)C)cc1.CCCC.CCSC. The van der Waals surface area contributed by atoms with Crippen LogP contribution in [0.5, 0.6) is 0 Å². The van der Waals surface area contributed by atoms with Gasteiger partial charge in [0.15, 0.2) is 0 Å². The van der Waals surface area contributed by atoms with Gasteiger partial charge in [0.25, 0.3) is 0 Å². The lowest BCUT2D eigenvalue weighted by molar-refractivity contribution is -0.138. The van der Waals surface area contributed by atoms with Crippen LogP contribution in [0.25, 0.3) is 0 Å². The van der Waals surface area contributed by atoms with Gasteiger partial charge < -0.3 is 37.4 Å². The molecule has 0 heterocycles. The summed E-state index contributed by atoms with van der Waals surface area (Å²) in [6, 6.07) is 5.29. The monoisotopic (exact) mass is 698 g/mol. The molecule has 0 saturated carbocycles. The zero-order valence-electron chi connectivity index (χ0n) is 30.7. The van der Waals surface area contributed by atoms with E-state index in [1.807, 2.05) is 39.5 Å². The molecule has 0 fully saturated rings. The molecule has 0 spiro atoms. The average molecular weight is 699 g/mol. The highest BCUT2D eigenvalue weighted by Gasteiger charge is 2.25. The molecule has 48 heavy (non-hydrogen) atoms. The Balaban J connectivity index is -0.00000178. The molecule has 13 nitrogen and oxygen atoms in total. The molecule has 0 bridgehead atoms. The summed E-state index contributed by atoms with van der Waals surface area (Å²) in [5.41, 5.74) is 6.77. The lowest BCUT2D eigenvalue weighted by Gasteiger charge is -2.21. The van der Waals surface area contributed by atoms with Crippen LogP contribution in [-0.2, 0) is 41.7 Å². The highest BCUT2D eigenvalue weighted by Crippen LogP contribution is 2.07. The highest BCUT2D eigenvalue weighted by atomic mass is 32.2. The third-order valence-electron chi connectivity index (χ3n) is 6.22. The number of nitrogens with one attached hydrogen (secondary N) is 5. The van der Waals surface area contributed by atoms with Crippen LogP contribution in [0.15, 0.2) is 24.3 Å². The minimum Gasteiger partial charge on any atom is -0.480 e. The predicted molar refractivity (Wildman–Crippen MR) is 194 cm³/mol. The molecule has 8 N–H and O–H groups in total. The molecule has 14 heteroatoms. The van der Waals surface area contributed by atoms with E-state index in [0.29, 0.717) is 5.56 Å². The van der Waals surface area contributed by atoms with Crippen molar-refractivity contribution in [2.45, 2.75) is 100 Å². The van der Waals surface area contributed by atoms with Gasteiger partial charge in [-0.2, -0.15) is 11.8 Å². The maximum absolute atomic E-state index is 12.5. The van der Waals surface area contributed by atoms with Crippen molar-refractivity contribution < 1.29 is 33.9 Å². The normalized spacial score (nSPS) is 11.1. The van der Waals surface area contributed by atoms with E-state index < -0.39 is 48.2 Å². The molecule has 0 aliphatic heterocycles. The Kier molecular flexibility index (Phi) is 31.1. The smallest absolute Gasteiger partial charge is 0.322 e. The van der Waals surface area contributed by atoms with Crippen LogP contribution in [0.4, 0.5) is 0 Å². The van der Waals surface area contributed by atoms with Crippen LogP contribution >= 0.6 is 11.8 Å². The fourth-order valence-electron chi connectivity index (χ4n) is 3.30. The minimum atomic E-state index is -1.20. The summed E-state index contributed by atoms with van der Waals surface area (Å²) in [4.78, 5) is 71.2. The first-order valence-electron chi connectivity index (χ1n) is 16.6. The number of hydrogen-bond acceptors (Lipinski definition) is 8. The lowest BCUT2D eigenvalue weighted by Crippen LogP contribution is -2.52. The molecule has 0 radical (unpaired) electrons. The molecule has 276 valence electrons. The fraction of sp³-hybridized carbons (Fsp3) is 0.647. The van der Waals surface area contributed by atoms with Gasteiger partial charge in [-0.25, -0.2) is 0 Å². The van der Waals surface area contributed by atoms with Crippen LogP contribution in [0.1, 0.15) is 86.3 Å². The van der Waals surface area contributed by atoms with E-state index in [9.17, 15) is 28.8 Å². The van der Waals surface area contributed by atoms with Gasteiger partial charge >= 0.3 is 5.97 Å². The van der Waals surface area contributed by atoms with Crippen molar-refractivity contribution in [2.24, 2.45) is 17.6 Å². The van der Waals surface area contributed by atoms with Crippen molar-refractivity contribution in [1.82, 2.24) is 26.6 Å². The predicted octanol–water partition coefficient (Wildman–Crippen LogP) is 2.60. The van der Waals surface area contributed by atoms with E-state index in [2.05, 4.69) is 53.6 Å². The summed E-state index contributed by atoms with van der Waals surface area (Å²) in [6.07, 6.45) is 4.74. The standard InChI is InChI=1S/C25H38N6O7.C4H10.C3H8S.C2H6/c1-14(2)22(30-19(33)10-26)24(37)28-11-17-7-5-16(6-8-17)9-18(32)27-12-20(34)31-23(15(3)4)25(38)29-13-21(35)36;2*1-3-4-2;1-2/h5-8,14-15,22-23H,9-13,26H2,1-4H3,(H,27,32)(H,28,37)(H,29,38)(H,30,33)(H,31,34)(H,35,36);3-4H2,1-2H3;3H2,1-2H3;1-2H3. The number of benzene rings is 1. The molecule has 1 rings (SSSR count). The van der Waals surface area contributed by atoms with Crippen molar-refractivity contribution >= 4 is 47.3 Å². The Labute approximate surface area is 292 Å². The summed E-state index contributed by atoms with van der Waals surface area (Å²) < 4.78 is 0. The molecular weight excluding hydrogens is 636 g/mol. The Morgan fingerprint density at radius 1 is 0.708 bits per heavy atom. The topological polar surface area (TPSA) is 209 Å². The first kappa shape index (κ1) is 48.7. The Morgan fingerprint density at radius 3 is 1.54 bits per heavy atom. The summed E-state index contributed by atoms with van der Waals surface area (Å²) in [6.45, 7) is 16.6. The van der Waals surface area contributed by atoms with Crippen molar-refractivity contribution in [2.75, 3.05) is 31.6 Å². The fourth-order valence-corrected chi connectivity index (χ4v) is 3.30. The molecule has 0 aromatic heterocycles. The van der Waals surface area contributed by atoms with Crippen molar-refractivity contribution in [3.05, 3.63) is 35.4 Å². The van der Waals surface area contributed by atoms with Gasteiger partial charge in [0.05, 0.1) is 19.5 Å². The molecule has 5 amide bonds. The van der Waals surface area contributed by atoms with Gasteiger partial charge in [-0.1, -0.05) is 99.4 Å². The van der Waals surface area contributed by atoms with Gasteiger partial charge in [-0.05, 0) is 35.0 Å². The number of unbranched alkanes of at least 4 members (excludes halogenated alkanes) is 1. The van der Waals surface area contributed by atoms with E-state index in [0.717, 1.165) is 5.56 Å². The third kappa shape index (κ3) is 25.4. The maximum atomic E-state index is 12.5. The quantitative estimate of drug-likeness (QED) is 0.127. The largest absolute Gasteiger partial charge is 0.480 e. The molecule has 0 aliphatic rings. The third-order valence-corrected chi connectivity index (χ3v) is 6.80. The second kappa shape index (κ2) is 30.7. The van der Waals surface area contributed by atoms with Gasteiger partial charge in [0.1, 0.15) is 18.6 Å². The van der Waals surface area contributed by atoms with E-state index in [1.54, 1.807) is 38.1 Å². The number of aliphatic carboxylic acids is 1. The van der Waals surface area contributed by atoms with Crippen molar-refractivity contribution in [1.29, 1.82) is 0 Å². The second-order valence-corrected chi connectivity index (χ2v) is 12.1. The average Bonchev–Trinajstić information content (AvgIpc) is 3.07. The molecule has 2 atom stereocenters. The molecular formula is C34H62N6O7S. The molecule has 0 saturated heterocycles. The Bertz CT molecular complexity index is 1060. The van der Waals surface area contributed by atoms with Crippen LogP contribution in [0, 0.1) is 11.8 Å². The van der Waals surface area contributed by atoms with E-state index in [1.165, 1.54) is 18.6 Å². The van der Waals surface area contributed by atoms with E-state index in [4.69, 9.17) is 10.8 Å². The van der Waals surface area contributed by atoms with Crippen LogP contribution in [0.2, 0.25) is 0 Å². The number of carboxylic acids is 1. The number of carbonyl (C=O) groups excluding carboxylic acids is 5. The summed E-state index contributed by atoms with van der Waals surface area (Å²) in [5, 5.41) is 21.3. The first-order valence-corrected chi connectivity index (χ1v) is 18.0. The summed E-state index contributed by atoms with van der Waals surface area (Å²) in [7, 11) is 0. The van der Waals surface area contributed by atoms with Gasteiger partial charge in [0.2, 0.25) is 29.5 Å². The van der Waals surface area contributed by atoms with E-state index >= 15 is 0 Å². The number of rotatable bonds is 17. The molecule has 0 aliphatic carbocycles. The summed E-state index contributed by atoms with van der Waals surface area (Å²) in [5.74, 6) is -2.76. The summed E-state index contributed by atoms with van der Waals surface area (Å²) >= 11 is 1.86. The van der Waals surface area contributed by atoms with Crippen LogP contribution in [-0.4, -0.2) is 84.3 Å². The van der Waals surface area contributed by atoms with Crippen LogP contribution < -0.4 is 32.3 Å². The number of amides is 5. The molecule has 2 unspecified atom stereocenters. The molecule has 1 aromatic carbocycles. The number of carboxylic acid groups (broad SMARTS) is 1. The van der Waals surface area contributed by atoms with Crippen molar-refractivity contribution in [3.63, 3.8) is 0 Å². The first-order chi connectivity index (χ1) is 22.7. The number of carbonyl (C=O) groups is 6. The Hall–Kier alpha value is -3.65. The molecule has 1 aromatic rings. The highest BCUT2D eigenvalue weighted by molar-refractivity contribution is 7.98. The number of nitrogens with two attached hydrogens (primary N) is 1. The van der Waals surface area contributed by atoms with Gasteiger partial charge in [-0.3, -0.25) is 28.8 Å². The Morgan fingerprint density at radius 2 is 1.15 bits per heavy atom. The number of hydrogen-bond donors (Lipinski definition) is 7. The number of thioether (sulfide) groups is 1. The maximum Gasteiger partial charge on any atom is 0.322 e.